The van der Waals surface area contributed by atoms with Crippen molar-refractivity contribution in [2.24, 2.45) is 0 Å². The third kappa shape index (κ3) is 2.78. The maximum Gasteiger partial charge on any atom is 0.142 e. The molecule has 1 aromatic rings. The molecule has 2 nitrogen and oxygen atoms in total. The summed E-state index contributed by atoms with van der Waals surface area (Å²) in [6.45, 7) is 3.09. The van der Waals surface area contributed by atoms with Crippen LogP contribution in [0, 0.1) is 5.82 Å². The van der Waals surface area contributed by atoms with E-state index in [1.54, 1.807) is 6.07 Å². The number of piperidine rings is 1. The normalized spacial score (nSPS) is 27.5. The summed E-state index contributed by atoms with van der Waals surface area (Å²) < 4.78 is 13.4. The SMILES string of the molecule is Fc1cccc(CNC2CCN3CCCCC23)c1Cl. The summed E-state index contributed by atoms with van der Waals surface area (Å²) in [6.07, 6.45) is 5.14. The van der Waals surface area contributed by atoms with Gasteiger partial charge in [-0.2, -0.15) is 0 Å². The van der Waals surface area contributed by atoms with Gasteiger partial charge in [-0.1, -0.05) is 30.2 Å². The van der Waals surface area contributed by atoms with Crippen molar-refractivity contribution in [3.63, 3.8) is 0 Å². The molecule has 2 unspecified atom stereocenters. The zero-order chi connectivity index (χ0) is 13.2. The Hall–Kier alpha value is -0.640. The molecule has 4 heteroatoms. The summed E-state index contributed by atoms with van der Waals surface area (Å²) in [4.78, 5) is 2.59. The maximum atomic E-state index is 13.4. The summed E-state index contributed by atoms with van der Waals surface area (Å²) >= 11 is 5.99. The molecule has 0 radical (unpaired) electrons. The fraction of sp³-hybridized carbons (Fsp3) is 0.600. The molecule has 2 atom stereocenters. The first-order valence-electron chi connectivity index (χ1n) is 7.16. The molecule has 0 spiro atoms. The fourth-order valence-corrected chi connectivity index (χ4v) is 3.60. The van der Waals surface area contributed by atoms with Crippen LogP contribution in [0.1, 0.15) is 31.2 Å². The lowest BCUT2D eigenvalue weighted by Crippen LogP contribution is -2.44. The molecule has 1 aromatic carbocycles. The van der Waals surface area contributed by atoms with E-state index < -0.39 is 0 Å². The molecule has 104 valence electrons. The van der Waals surface area contributed by atoms with Crippen LogP contribution in [0.4, 0.5) is 4.39 Å². The van der Waals surface area contributed by atoms with E-state index in [1.165, 1.54) is 44.8 Å². The van der Waals surface area contributed by atoms with Crippen LogP contribution in [0.5, 0.6) is 0 Å². The first kappa shape index (κ1) is 13.3. The van der Waals surface area contributed by atoms with Gasteiger partial charge in [0.2, 0.25) is 0 Å². The lowest BCUT2D eigenvalue weighted by molar-refractivity contribution is 0.180. The van der Waals surface area contributed by atoms with Gasteiger partial charge in [0.05, 0.1) is 5.02 Å². The van der Waals surface area contributed by atoms with Crippen LogP contribution < -0.4 is 5.32 Å². The minimum atomic E-state index is -0.327. The van der Waals surface area contributed by atoms with Gasteiger partial charge in [0.25, 0.3) is 0 Å². The highest BCUT2D eigenvalue weighted by molar-refractivity contribution is 6.31. The molecule has 1 N–H and O–H groups in total. The molecule has 2 heterocycles. The van der Waals surface area contributed by atoms with Crippen LogP contribution in [-0.2, 0) is 6.54 Å². The second-order valence-corrected chi connectivity index (χ2v) is 5.97. The molecule has 0 aliphatic carbocycles. The van der Waals surface area contributed by atoms with Gasteiger partial charge in [-0.25, -0.2) is 4.39 Å². The Morgan fingerprint density at radius 3 is 3.05 bits per heavy atom. The highest BCUT2D eigenvalue weighted by Crippen LogP contribution is 2.28. The van der Waals surface area contributed by atoms with E-state index in [-0.39, 0.29) is 10.8 Å². The van der Waals surface area contributed by atoms with E-state index in [9.17, 15) is 4.39 Å². The molecule has 0 aromatic heterocycles. The predicted octanol–water partition coefficient (Wildman–Crippen LogP) is 3.20. The van der Waals surface area contributed by atoms with Gasteiger partial charge >= 0.3 is 0 Å². The molecule has 19 heavy (non-hydrogen) atoms. The summed E-state index contributed by atoms with van der Waals surface area (Å²) in [5.74, 6) is -0.327. The highest BCUT2D eigenvalue weighted by atomic mass is 35.5. The van der Waals surface area contributed by atoms with Crippen LogP contribution in [0.25, 0.3) is 0 Å². The first-order chi connectivity index (χ1) is 9.25. The zero-order valence-electron chi connectivity index (χ0n) is 11.0. The average Bonchev–Trinajstić information content (AvgIpc) is 2.84. The van der Waals surface area contributed by atoms with Crippen molar-refractivity contribution in [1.82, 2.24) is 10.2 Å². The summed E-state index contributed by atoms with van der Waals surface area (Å²) in [6, 6.07) is 6.22. The second-order valence-electron chi connectivity index (χ2n) is 5.59. The Bertz CT molecular complexity index is 452. The third-order valence-electron chi connectivity index (χ3n) is 4.44. The van der Waals surface area contributed by atoms with Crippen molar-refractivity contribution in [2.75, 3.05) is 13.1 Å². The van der Waals surface area contributed by atoms with E-state index in [0.29, 0.717) is 18.6 Å². The van der Waals surface area contributed by atoms with E-state index >= 15 is 0 Å². The Kier molecular flexibility index (Phi) is 4.06. The van der Waals surface area contributed by atoms with Gasteiger partial charge in [-0.05, 0) is 37.4 Å². The van der Waals surface area contributed by atoms with Crippen LogP contribution >= 0.6 is 11.6 Å². The fourth-order valence-electron chi connectivity index (χ4n) is 3.41. The van der Waals surface area contributed by atoms with Gasteiger partial charge in [0, 0.05) is 25.2 Å². The number of hydrogen-bond acceptors (Lipinski definition) is 2. The van der Waals surface area contributed by atoms with Gasteiger partial charge in [-0.3, -0.25) is 4.90 Å². The van der Waals surface area contributed by atoms with Crippen molar-refractivity contribution >= 4 is 11.6 Å². The van der Waals surface area contributed by atoms with E-state index in [0.717, 1.165) is 5.56 Å². The number of nitrogens with one attached hydrogen (secondary N) is 1. The Morgan fingerprint density at radius 1 is 1.26 bits per heavy atom. The van der Waals surface area contributed by atoms with Gasteiger partial charge in [0.15, 0.2) is 0 Å². The number of nitrogens with zero attached hydrogens (tertiary/aromatic N) is 1. The lowest BCUT2D eigenvalue weighted by atomic mass is 9.99. The highest BCUT2D eigenvalue weighted by Gasteiger charge is 2.34. The molecule has 0 saturated carbocycles. The molecule has 0 amide bonds. The van der Waals surface area contributed by atoms with Crippen molar-refractivity contribution in [3.8, 4) is 0 Å². The maximum absolute atomic E-state index is 13.4. The number of hydrogen-bond donors (Lipinski definition) is 1. The van der Waals surface area contributed by atoms with E-state index in [2.05, 4.69) is 10.2 Å². The first-order valence-corrected chi connectivity index (χ1v) is 7.54. The topological polar surface area (TPSA) is 15.3 Å². The number of rotatable bonds is 3. The molecule has 3 rings (SSSR count). The standard InChI is InChI=1S/C15H20ClFN2/c16-15-11(4-3-5-12(15)17)10-18-13-7-9-19-8-2-1-6-14(13)19/h3-5,13-14,18H,1-2,6-10H2. The molecule has 2 fully saturated rings. The van der Waals surface area contributed by atoms with Crippen LogP contribution in [-0.4, -0.2) is 30.1 Å². The Labute approximate surface area is 118 Å². The smallest absolute Gasteiger partial charge is 0.142 e. The van der Waals surface area contributed by atoms with E-state index in [1.807, 2.05) is 6.07 Å². The van der Waals surface area contributed by atoms with Gasteiger partial charge in [-0.15, -0.1) is 0 Å². The van der Waals surface area contributed by atoms with Crippen molar-refractivity contribution in [2.45, 2.75) is 44.3 Å². The summed E-state index contributed by atoms with van der Waals surface area (Å²) in [5.41, 5.74) is 0.857. The minimum absolute atomic E-state index is 0.258. The van der Waals surface area contributed by atoms with Crippen LogP contribution in [0.15, 0.2) is 18.2 Å². The minimum Gasteiger partial charge on any atom is -0.308 e. The Balaban J connectivity index is 1.62. The third-order valence-corrected chi connectivity index (χ3v) is 4.87. The molecule has 2 aliphatic heterocycles. The number of benzene rings is 1. The molecule has 2 aliphatic rings. The van der Waals surface area contributed by atoms with Crippen molar-refractivity contribution in [3.05, 3.63) is 34.6 Å². The van der Waals surface area contributed by atoms with Gasteiger partial charge < -0.3 is 5.32 Å². The molecule has 0 bridgehead atoms. The predicted molar refractivity (Wildman–Crippen MR) is 75.9 cm³/mol. The number of halogens is 2. The lowest BCUT2D eigenvalue weighted by Gasteiger charge is -2.32. The van der Waals surface area contributed by atoms with Crippen molar-refractivity contribution < 1.29 is 4.39 Å². The molecule has 2 saturated heterocycles. The molecular weight excluding hydrogens is 263 g/mol. The van der Waals surface area contributed by atoms with Gasteiger partial charge in [0.1, 0.15) is 5.82 Å². The quantitative estimate of drug-likeness (QED) is 0.916. The monoisotopic (exact) mass is 282 g/mol. The largest absolute Gasteiger partial charge is 0.308 e. The average molecular weight is 283 g/mol. The summed E-state index contributed by atoms with van der Waals surface area (Å²) in [7, 11) is 0. The van der Waals surface area contributed by atoms with E-state index in [4.69, 9.17) is 11.6 Å². The van der Waals surface area contributed by atoms with Crippen LogP contribution in [0.2, 0.25) is 5.02 Å². The molecular formula is C15H20ClFN2. The number of fused-ring (bicyclic) bond motifs is 1. The zero-order valence-corrected chi connectivity index (χ0v) is 11.8. The Morgan fingerprint density at radius 2 is 2.16 bits per heavy atom. The van der Waals surface area contributed by atoms with Crippen molar-refractivity contribution in [1.29, 1.82) is 0 Å². The second kappa shape index (κ2) is 5.78. The summed E-state index contributed by atoms with van der Waals surface area (Å²) in [5, 5.41) is 3.83. The van der Waals surface area contributed by atoms with Crippen LogP contribution in [0.3, 0.4) is 0 Å².